The van der Waals surface area contributed by atoms with Crippen molar-refractivity contribution in [2.45, 2.75) is 12.8 Å². The maximum Gasteiger partial charge on any atom is 0.235 e. The Hall–Kier alpha value is -6.00. The van der Waals surface area contributed by atoms with Gasteiger partial charge in [-0.3, -0.25) is 4.57 Å². The number of hydrogen-bond donors (Lipinski definition) is 0. The molecule has 0 spiro atoms. The van der Waals surface area contributed by atoms with Crippen molar-refractivity contribution in [1.29, 1.82) is 0 Å². The number of rotatable bonds is 4. The van der Waals surface area contributed by atoms with Crippen molar-refractivity contribution in [3.05, 3.63) is 157 Å². The van der Waals surface area contributed by atoms with Gasteiger partial charge in [-0.1, -0.05) is 109 Å². The molecular formula is C42H28N4. The first kappa shape index (κ1) is 25.3. The molecule has 0 saturated heterocycles. The molecule has 10 rings (SSSR count). The molecule has 3 aromatic heterocycles. The summed E-state index contributed by atoms with van der Waals surface area (Å²) >= 11 is 0. The van der Waals surface area contributed by atoms with Crippen molar-refractivity contribution in [2.75, 3.05) is 0 Å². The van der Waals surface area contributed by atoms with Gasteiger partial charge < -0.3 is 4.57 Å². The molecule has 3 heterocycles. The molecule has 0 bridgehead atoms. The highest BCUT2D eigenvalue weighted by atomic mass is 15.2. The van der Waals surface area contributed by atoms with E-state index in [4.69, 9.17) is 9.97 Å². The minimum absolute atomic E-state index is 0.694. The lowest BCUT2D eigenvalue weighted by Gasteiger charge is -2.17. The summed E-state index contributed by atoms with van der Waals surface area (Å²) in [6, 6.07) is 51.7. The third-order valence-corrected chi connectivity index (χ3v) is 9.61. The lowest BCUT2D eigenvalue weighted by Crippen LogP contribution is -2.07. The summed E-state index contributed by atoms with van der Waals surface area (Å²) < 4.78 is 4.78. The highest BCUT2D eigenvalue weighted by Gasteiger charge is 2.27. The molecule has 6 aromatic carbocycles. The fraction of sp³-hybridized carbons (Fsp3) is 0.0476. The summed E-state index contributed by atoms with van der Waals surface area (Å²) in [4.78, 5) is 10.6. The van der Waals surface area contributed by atoms with Crippen molar-refractivity contribution in [3.8, 4) is 34.2 Å². The molecule has 0 unspecified atom stereocenters. The van der Waals surface area contributed by atoms with Gasteiger partial charge in [-0.15, -0.1) is 0 Å². The lowest BCUT2D eigenvalue weighted by atomic mass is 9.89. The van der Waals surface area contributed by atoms with Gasteiger partial charge in [-0.25, -0.2) is 9.97 Å². The van der Waals surface area contributed by atoms with Crippen LogP contribution in [0.15, 0.2) is 146 Å². The Morgan fingerprint density at radius 1 is 0.457 bits per heavy atom. The van der Waals surface area contributed by atoms with E-state index in [-0.39, 0.29) is 0 Å². The monoisotopic (exact) mass is 588 g/mol. The molecule has 0 radical (unpaired) electrons. The number of aryl methyl sites for hydroxylation is 2. The van der Waals surface area contributed by atoms with E-state index in [0.29, 0.717) is 5.95 Å². The van der Waals surface area contributed by atoms with Gasteiger partial charge in [0.05, 0.1) is 33.5 Å². The lowest BCUT2D eigenvalue weighted by molar-refractivity contribution is 0.950. The molecule has 0 fully saturated rings. The van der Waals surface area contributed by atoms with Gasteiger partial charge >= 0.3 is 0 Å². The third kappa shape index (κ3) is 3.61. The molecule has 46 heavy (non-hydrogen) atoms. The zero-order valence-corrected chi connectivity index (χ0v) is 25.1. The van der Waals surface area contributed by atoms with E-state index < -0.39 is 0 Å². The molecule has 216 valence electrons. The normalized spacial score (nSPS) is 12.6. The molecule has 0 N–H and O–H groups in total. The summed E-state index contributed by atoms with van der Waals surface area (Å²) in [5.74, 6) is 0.694. The van der Waals surface area contributed by atoms with E-state index in [9.17, 15) is 0 Å². The number of aromatic nitrogens is 4. The van der Waals surface area contributed by atoms with Crippen LogP contribution in [-0.2, 0) is 12.8 Å². The van der Waals surface area contributed by atoms with Crippen molar-refractivity contribution >= 4 is 43.6 Å². The molecule has 0 atom stereocenters. The first-order chi connectivity index (χ1) is 22.8. The van der Waals surface area contributed by atoms with Crippen LogP contribution in [-0.4, -0.2) is 19.1 Å². The predicted molar refractivity (Wildman–Crippen MR) is 189 cm³/mol. The number of nitrogens with zero attached hydrogens (tertiary/aromatic N) is 4. The van der Waals surface area contributed by atoms with Gasteiger partial charge in [0.1, 0.15) is 0 Å². The predicted octanol–water partition coefficient (Wildman–Crippen LogP) is 10.1. The highest BCUT2D eigenvalue weighted by Crippen LogP contribution is 2.46. The zero-order chi connectivity index (χ0) is 30.2. The summed E-state index contributed by atoms with van der Waals surface area (Å²) in [7, 11) is 0. The van der Waals surface area contributed by atoms with Crippen LogP contribution in [0.25, 0.3) is 77.8 Å². The second-order valence-electron chi connectivity index (χ2n) is 12.2. The fourth-order valence-corrected chi connectivity index (χ4v) is 7.66. The van der Waals surface area contributed by atoms with Gasteiger partial charge in [-0.2, -0.15) is 0 Å². The Kier molecular flexibility index (Phi) is 5.37. The van der Waals surface area contributed by atoms with Crippen molar-refractivity contribution in [2.24, 2.45) is 0 Å². The Morgan fingerprint density at radius 3 is 1.80 bits per heavy atom. The van der Waals surface area contributed by atoms with E-state index in [1.54, 1.807) is 0 Å². The van der Waals surface area contributed by atoms with Crippen LogP contribution in [0.1, 0.15) is 11.1 Å². The maximum atomic E-state index is 5.30. The van der Waals surface area contributed by atoms with E-state index >= 15 is 0 Å². The van der Waals surface area contributed by atoms with E-state index in [1.807, 2.05) is 12.1 Å². The average molecular weight is 589 g/mol. The Labute approximate surface area is 265 Å². The SMILES string of the molecule is c1ccc(-c2cc(-c3ccccc3)nc(-n3c4ccccc4c4cc5c6c(c43)CCc3cccc(c36)n5-c3ccccc3)n2)cc1. The second-order valence-corrected chi connectivity index (χ2v) is 12.2. The van der Waals surface area contributed by atoms with Crippen LogP contribution in [0, 0.1) is 0 Å². The first-order valence-corrected chi connectivity index (χ1v) is 15.9. The first-order valence-electron chi connectivity index (χ1n) is 15.9. The summed E-state index contributed by atoms with van der Waals surface area (Å²) in [5.41, 5.74) is 12.8. The second kappa shape index (κ2) is 9.75. The molecule has 1 aliphatic carbocycles. The van der Waals surface area contributed by atoms with E-state index in [0.717, 1.165) is 40.9 Å². The molecule has 0 amide bonds. The van der Waals surface area contributed by atoms with Crippen molar-refractivity contribution in [3.63, 3.8) is 0 Å². The molecule has 0 aliphatic heterocycles. The molecule has 9 aromatic rings. The van der Waals surface area contributed by atoms with Gasteiger partial charge in [0, 0.05) is 38.4 Å². The van der Waals surface area contributed by atoms with E-state index in [1.165, 1.54) is 54.9 Å². The Balaban J connectivity index is 1.37. The standard InChI is InChI=1S/C42H28N4/c1-4-13-27(14-5-1)34-26-35(28-15-6-2-7-16-28)44-42(43-34)46-36-21-11-10-20-31(36)33-25-38-40-32(41(33)46)24-23-29-17-12-22-37(39(29)40)45(38)30-18-8-3-9-19-30/h1-22,25-26H,23-24H2. The van der Waals surface area contributed by atoms with Crippen LogP contribution in [0.3, 0.4) is 0 Å². The number of para-hydroxylation sites is 2. The zero-order valence-electron chi connectivity index (χ0n) is 25.1. The molecule has 4 heteroatoms. The molecule has 4 nitrogen and oxygen atoms in total. The van der Waals surface area contributed by atoms with Crippen molar-refractivity contribution < 1.29 is 0 Å². The van der Waals surface area contributed by atoms with E-state index in [2.05, 4.69) is 143 Å². The van der Waals surface area contributed by atoms with Crippen molar-refractivity contribution in [1.82, 2.24) is 19.1 Å². The van der Waals surface area contributed by atoms with Crippen LogP contribution in [0.5, 0.6) is 0 Å². The smallest absolute Gasteiger partial charge is 0.235 e. The number of hydrogen-bond acceptors (Lipinski definition) is 2. The summed E-state index contributed by atoms with van der Waals surface area (Å²) in [5, 5.41) is 5.16. The molecule has 1 aliphatic rings. The van der Waals surface area contributed by atoms with Crippen LogP contribution in [0.4, 0.5) is 0 Å². The number of fused-ring (bicyclic) bond motifs is 4. The van der Waals surface area contributed by atoms with Gasteiger partial charge in [0.2, 0.25) is 5.95 Å². The van der Waals surface area contributed by atoms with Gasteiger partial charge in [0.15, 0.2) is 0 Å². The van der Waals surface area contributed by atoms with Crippen LogP contribution in [0.2, 0.25) is 0 Å². The molecule has 0 saturated carbocycles. The number of benzene rings is 6. The Morgan fingerprint density at radius 2 is 1.09 bits per heavy atom. The topological polar surface area (TPSA) is 35.6 Å². The maximum absolute atomic E-state index is 5.30. The minimum Gasteiger partial charge on any atom is -0.309 e. The summed E-state index contributed by atoms with van der Waals surface area (Å²) in [6.45, 7) is 0. The van der Waals surface area contributed by atoms with Gasteiger partial charge in [0.25, 0.3) is 0 Å². The fourth-order valence-electron chi connectivity index (χ4n) is 7.66. The molecular weight excluding hydrogens is 560 g/mol. The van der Waals surface area contributed by atoms with Crippen LogP contribution < -0.4 is 0 Å². The quantitative estimate of drug-likeness (QED) is 0.205. The minimum atomic E-state index is 0.694. The average Bonchev–Trinajstić information content (AvgIpc) is 3.65. The Bertz CT molecular complexity index is 2560. The van der Waals surface area contributed by atoms with Crippen LogP contribution >= 0.6 is 0 Å². The summed E-state index contributed by atoms with van der Waals surface area (Å²) in [6.07, 6.45) is 1.96. The third-order valence-electron chi connectivity index (χ3n) is 9.61. The highest BCUT2D eigenvalue weighted by molar-refractivity contribution is 6.22. The largest absolute Gasteiger partial charge is 0.309 e. The van der Waals surface area contributed by atoms with Gasteiger partial charge in [-0.05, 0) is 60.4 Å².